The molecule has 0 saturated carbocycles. The highest BCUT2D eigenvalue weighted by Gasteiger charge is 2.43. The van der Waals surface area contributed by atoms with Gasteiger partial charge in [0, 0.05) is 0 Å². The average molecular weight is 240 g/mol. The largest absolute Gasteiger partial charge is 0.394 e. The van der Waals surface area contributed by atoms with E-state index in [1.165, 1.54) is 0 Å². The molecule has 5 nitrogen and oxygen atoms in total. The minimum atomic E-state index is -1.30. The van der Waals surface area contributed by atoms with E-state index in [0.29, 0.717) is 6.61 Å². The Morgan fingerprint density at radius 2 is 1.88 bits per heavy atom. The molecular formula is C12H16O5. The quantitative estimate of drug-likeness (QED) is 0.670. The molecule has 94 valence electrons. The molecule has 0 bridgehead atoms. The summed E-state index contributed by atoms with van der Waals surface area (Å²) in [6.07, 6.45) is -3.83. The molecule has 0 spiro atoms. The predicted molar refractivity (Wildman–Crippen MR) is 59.0 cm³/mol. The monoisotopic (exact) mass is 240 g/mol. The maximum atomic E-state index is 9.63. The molecular weight excluding hydrogens is 224 g/mol. The average Bonchev–Trinajstić information content (AvgIpc) is 2.64. The van der Waals surface area contributed by atoms with Gasteiger partial charge in [0.1, 0.15) is 18.3 Å². The number of ether oxygens (including phenoxy) is 2. The lowest BCUT2D eigenvalue weighted by Gasteiger charge is -2.19. The zero-order valence-electron chi connectivity index (χ0n) is 9.27. The number of rotatable bonds is 4. The number of aliphatic hydroxyl groups is 3. The van der Waals surface area contributed by atoms with Crippen molar-refractivity contribution in [3.8, 4) is 0 Å². The summed E-state index contributed by atoms with van der Waals surface area (Å²) in [6, 6.07) is 9.47. The van der Waals surface area contributed by atoms with Gasteiger partial charge in [0.15, 0.2) is 6.29 Å². The third-order valence-corrected chi connectivity index (χ3v) is 2.77. The van der Waals surface area contributed by atoms with E-state index in [1.54, 1.807) is 0 Å². The van der Waals surface area contributed by atoms with Crippen LogP contribution in [0.15, 0.2) is 30.3 Å². The summed E-state index contributed by atoms with van der Waals surface area (Å²) in [5, 5.41) is 28.0. The van der Waals surface area contributed by atoms with Gasteiger partial charge in [-0.05, 0) is 5.56 Å². The van der Waals surface area contributed by atoms with Gasteiger partial charge in [-0.1, -0.05) is 30.3 Å². The maximum Gasteiger partial charge on any atom is 0.184 e. The lowest BCUT2D eigenvalue weighted by molar-refractivity contribution is -0.132. The van der Waals surface area contributed by atoms with E-state index in [9.17, 15) is 10.2 Å². The first kappa shape index (κ1) is 12.5. The molecule has 0 amide bonds. The smallest absolute Gasteiger partial charge is 0.184 e. The minimum Gasteiger partial charge on any atom is -0.394 e. The first-order valence-electron chi connectivity index (χ1n) is 5.50. The van der Waals surface area contributed by atoms with E-state index in [2.05, 4.69) is 0 Å². The van der Waals surface area contributed by atoms with E-state index in [4.69, 9.17) is 14.6 Å². The van der Waals surface area contributed by atoms with Crippen molar-refractivity contribution < 1.29 is 24.8 Å². The number of hydrogen-bond acceptors (Lipinski definition) is 5. The molecule has 1 aliphatic heterocycles. The predicted octanol–water partition coefficient (Wildman–Crippen LogP) is -0.358. The third kappa shape index (κ3) is 2.83. The second-order valence-electron chi connectivity index (χ2n) is 4.00. The number of benzene rings is 1. The Bertz CT molecular complexity index is 342. The van der Waals surface area contributed by atoms with Crippen LogP contribution in [0, 0.1) is 0 Å². The number of hydrogen-bond donors (Lipinski definition) is 3. The molecule has 1 fully saturated rings. The van der Waals surface area contributed by atoms with Gasteiger partial charge >= 0.3 is 0 Å². The van der Waals surface area contributed by atoms with Crippen LogP contribution in [-0.4, -0.2) is 46.5 Å². The van der Waals surface area contributed by atoms with Crippen LogP contribution < -0.4 is 0 Å². The normalized spacial score (nSPS) is 32.9. The fourth-order valence-corrected chi connectivity index (χ4v) is 1.84. The summed E-state index contributed by atoms with van der Waals surface area (Å²) in [4.78, 5) is 0. The molecule has 3 N–H and O–H groups in total. The van der Waals surface area contributed by atoms with E-state index in [1.807, 2.05) is 30.3 Å². The molecule has 2 rings (SSSR count). The van der Waals surface area contributed by atoms with Gasteiger partial charge in [0.2, 0.25) is 0 Å². The van der Waals surface area contributed by atoms with Gasteiger partial charge in [-0.15, -0.1) is 0 Å². The van der Waals surface area contributed by atoms with Crippen LogP contribution >= 0.6 is 0 Å². The van der Waals surface area contributed by atoms with Crippen molar-refractivity contribution in [1.29, 1.82) is 0 Å². The van der Waals surface area contributed by atoms with Crippen molar-refractivity contribution in [3.63, 3.8) is 0 Å². The summed E-state index contributed by atoms with van der Waals surface area (Å²) in [5.41, 5.74) is 0.956. The Morgan fingerprint density at radius 1 is 1.18 bits per heavy atom. The van der Waals surface area contributed by atoms with Crippen molar-refractivity contribution in [1.82, 2.24) is 0 Å². The first-order chi connectivity index (χ1) is 8.22. The van der Waals surface area contributed by atoms with Crippen LogP contribution in [-0.2, 0) is 16.1 Å². The lowest BCUT2D eigenvalue weighted by Crippen LogP contribution is -2.36. The minimum absolute atomic E-state index is 0.298. The van der Waals surface area contributed by atoms with Crippen LogP contribution in [0.1, 0.15) is 5.56 Å². The topological polar surface area (TPSA) is 79.2 Å². The standard InChI is InChI=1S/C12H16O5/c13-6-9-11(10(14)12(15)17-9)16-7-8-4-2-1-3-5-8/h1-5,9-15H,6-7H2/t9-,10+,11-,12+/m1/s1. The fourth-order valence-electron chi connectivity index (χ4n) is 1.84. The molecule has 4 atom stereocenters. The van der Waals surface area contributed by atoms with Crippen LogP contribution in [0.3, 0.4) is 0 Å². The maximum absolute atomic E-state index is 9.63. The summed E-state index contributed by atoms with van der Waals surface area (Å²) in [6.45, 7) is 0.00270. The van der Waals surface area contributed by atoms with Crippen LogP contribution in [0.5, 0.6) is 0 Å². The van der Waals surface area contributed by atoms with Crippen molar-refractivity contribution in [2.45, 2.75) is 31.2 Å². The third-order valence-electron chi connectivity index (χ3n) is 2.77. The molecule has 17 heavy (non-hydrogen) atoms. The molecule has 1 heterocycles. The zero-order chi connectivity index (χ0) is 12.3. The molecule has 5 heteroatoms. The zero-order valence-corrected chi connectivity index (χ0v) is 9.27. The SMILES string of the molecule is OC[C@H]1O[C@H](O)[C@@H](O)[C@@H]1OCc1ccccc1. The van der Waals surface area contributed by atoms with E-state index >= 15 is 0 Å². The van der Waals surface area contributed by atoms with E-state index < -0.39 is 24.6 Å². The number of aliphatic hydroxyl groups excluding tert-OH is 3. The van der Waals surface area contributed by atoms with Crippen LogP contribution in [0.2, 0.25) is 0 Å². The molecule has 0 unspecified atom stereocenters. The molecule has 1 aromatic carbocycles. The van der Waals surface area contributed by atoms with E-state index in [-0.39, 0.29) is 6.61 Å². The Morgan fingerprint density at radius 3 is 2.53 bits per heavy atom. The molecule has 0 aliphatic carbocycles. The highest BCUT2D eigenvalue weighted by atomic mass is 16.7. The summed E-state index contributed by atoms with van der Waals surface area (Å²) < 4.78 is 10.4. The van der Waals surface area contributed by atoms with Crippen LogP contribution in [0.4, 0.5) is 0 Å². The summed E-state index contributed by atoms with van der Waals surface area (Å²) in [5.74, 6) is 0. The summed E-state index contributed by atoms with van der Waals surface area (Å²) >= 11 is 0. The second kappa shape index (κ2) is 5.57. The van der Waals surface area contributed by atoms with Gasteiger partial charge in [-0.2, -0.15) is 0 Å². The van der Waals surface area contributed by atoms with Gasteiger partial charge in [-0.3, -0.25) is 0 Å². The van der Waals surface area contributed by atoms with Crippen molar-refractivity contribution in [2.24, 2.45) is 0 Å². The lowest BCUT2D eigenvalue weighted by atomic mass is 10.1. The Balaban J connectivity index is 1.93. The molecule has 0 radical (unpaired) electrons. The Hall–Kier alpha value is -0.980. The van der Waals surface area contributed by atoms with Crippen molar-refractivity contribution in [3.05, 3.63) is 35.9 Å². The molecule has 1 aliphatic rings. The van der Waals surface area contributed by atoms with Gasteiger partial charge in [0.05, 0.1) is 13.2 Å². The fraction of sp³-hybridized carbons (Fsp3) is 0.500. The first-order valence-corrected chi connectivity index (χ1v) is 5.50. The Kier molecular flexibility index (Phi) is 4.09. The second-order valence-corrected chi connectivity index (χ2v) is 4.00. The molecule has 1 saturated heterocycles. The highest BCUT2D eigenvalue weighted by Crippen LogP contribution is 2.23. The molecule has 0 aromatic heterocycles. The van der Waals surface area contributed by atoms with Crippen molar-refractivity contribution in [2.75, 3.05) is 6.61 Å². The van der Waals surface area contributed by atoms with Gasteiger partial charge in [0.25, 0.3) is 0 Å². The van der Waals surface area contributed by atoms with Gasteiger partial charge in [-0.25, -0.2) is 0 Å². The van der Waals surface area contributed by atoms with E-state index in [0.717, 1.165) is 5.56 Å². The van der Waals surface area contributed by atoms with Crippen LogP contribution in [0.25, 0.3) is 0 Å². The Labute approximate surface area is 99.2 Å². The molecule has 1 aromatic rings. The van der Waals surface area contributed by atoms with Crippen molar-refractivity contribution >= 4 is 0 Å². The highest BCUT2D eigenvalue weighted by molar-refractivity contribution is 5.13. The van der Waals surface area contributed by atoms with Gasteiger partial charge < -0.3 is 24.8 Å². The summed E-state index contributed by atoms with van der Waals surface area (Å²) in [7, 11) is 0.